The summed E-state index contributed by atoms with van der Waals surface area (Å²) < 4.78 is 19.3. The molecule has 1 heterocycles. The van der Waals surface area contributed by atoms with E-state index in [1.165, 1.54) is 12.1 Å². The Morgan fingerprint density at radius 2 is 1.89 bits per heavy atom. The van der Waals surface area contributed by atoms with Gasteiger partial charge in [0.25, 0.3) is 5.91 Å². The summed E-state index contributed by atoms with van der Waals surface area (Å²) in [5.74, 6) is -0.297. The standard InChI is InChI=1S/C20H22FN3O4/c1-15-6-7-16(14-17(15)21)20(25)23-10-8-22(9-11-23)12-13-28-19-5-3-2-4-18(19)24(26)27/h2-7,14H,8-13H2,1H3. The molecule has 2 aromatic carbocycles. The van der Waals surface area contributed by atoms with Crippen molar-refractivity contribution in [2.75, 3.05) is 39.3 Å². The van der Waals surface area contributed by atoms with Crippen LogP contribution in [0.5, 0.6) is 5.75 Å². The number of nitrogens with zero attached hydrogens (tertiary/aromatic N) is 3. The predicted octanol–water partition coefficient (Wildman–Crippen LogP) is 2.88. The molecule has 1 aliphatic heterocycles. The fourth-order valence-electron chi connectivity index (χ4n) is 3.10. The summed E-state index contributed by atoms with van der Waals surface area (Å²) >= 11 is 0. The molecule has 28 heavy (non-hydrogen) atoms. The van der Waals surface area contributed by atoms with Crippen LogP contribution in [0.15, 0.2) is 42.5 Å². The average molecular weight is 387 g/mol. The Balaban J connectivity index is 1.47. The summed E-state index contributed by atoms with van der Waals surface area (Å²) in [6, 6.07) is 10.8. The van der Waals surface area contributed by atoms with Crippen LogP contribution in [0.25, 0.3) is 0 Å². The zero-order valence-corrected chi connectivity index (χ0v) is 15.6. The lowest BCUT2D eigenvalue weighted by Gasteiger charge is -2.34. The monoisotopic (exact) mass is 387 g/mol. The van der Waals surface area contributed by atoms with Crippen LogP contribution in [0.3, 0.4) is 0 Å². The van der Waals surface area contributed by atoms with Crippen LogP contribution in [-0.2, 0) is 0 Å². The number of aryl methyl sites for hydroxylation is 1. The Hall–Kier alpha value is -3.00. The molecule has 0 saturated carbocycles. The van der Waals surface area contributed by atoms with Gasteiger partial charge in [0, 0.05) is 44.4 Å². The number of nitro groups is 1. The molecule has 1 saturated heterocycles. The van der Waals surface area contributed by atoms with Crippen molar-refractivity contribution in [3.8, 4) is 5.75 Å². The van der Waals surface area contributed by atoms with Crippen LogP contribution >= 0.6 is 0 Å². The van der Waals surface area contributed by atoms with Crippen LogP contribution in [0.1, 0.15) is 15.9 Å². The molecule has 1 amide bonds. The topological polar surface area (TPSA) is 75.9 Å². The molecule has 0 unspecified atom stereocenters. The van der Waals surface area contributed by atoms with E-state index in [-0.39, 0.29) is 23.2 Å². The first kappa shape index (κ1) is 19.8. The molecule has 8 heteroatoms. The lowest BCUT2D eigenvalue weighted by Crippen LogP contribution is -2.49. The fraction of sp³-hybridized carbons (Fsp3) is 0.350. The average Bonchev–Trinajstić information content (AvgIpc) is 2.70. The van der Waals surface area contributed by atoms with E-state index in [9.17, 15) is 19.3 Å². The van der Waals surface area contributed by atoms with E-state index in [0.717, 1.165) is 0 Å². The smallest absolute Gasteiger partial charge is 0.310 e. The van der Waals surface area contributed by atoms with Crippen molar-refractivity contribution in [2.24, 2.45) is 0 Å². The van der Waals surface area contributed by atoms with Gasteiger partial charge >= 0.3 is 5.69 Å². The minimum Gasteiger partial charge on any atom is -0.485 e. The zero-order valence-electron chi connectivity index (χ0n) is 15.6. The number of ether oxygens (including phenoxy) is 1. The van der Waals surface area contributed by atoms with Gasteiger partial charge in [-0.2, -0.15) is 0 Å². The van der Waals surface area contributed by atoms with Crippen molar-refractivity contribution >= 4 is 11.6 Å². The van der Waals surface area contributed by atoms with Gasteiger partial charge in [0.2, 0.25) is 0 Å². The Morgan fingerprint density at radius 3 is 2.57 bits per heavy atom. The molecule has 0 radical (unpaired) electrons. The fourth-order valence-corrected chi connectivity index (χ4v) is 3.10. The molecule has 7 nitrogen and oxygen atoms in total. The van der Waals surface area contributed by atoms with Crippen molar-refractivity contribution in [3.63, 3.8) is 0 Å². The van der Waals surface area contributed by atoms with Crippen LogP contribution < -0.4 is 4.74 Å². The summed E-state index contributed by atoms with van der Waals surface area (Å²) in [6.45, 7) is 5.00. The highest BCUT2D eigenvalue weighted by Crippen LogP contribution is 2.25. The molecule has 0 spiro atoms. The van der Waals surface area contributed by atoms with Crippen molar-refractivity contribution in [2.45, 2.75) is 6.92 Å². The van der Waals surface area contributed by atoms with E-state index in [0.29, 0.717) is 50.5 Å². The number of hydrogen-bond donors (Lipinski definition) is 0. The molecular weight excluding hydrogens is 365 g/mol. The molecule has 0 aromatic heterocycles. The van der Waals surface area contributed by atoms with E-state index in [1.807, 2.05) is 0 Å². The minimum absolute atomic E-state index is 0.0525. The van der Waals surface area contributed by atoms with E-state index < -0.39 is 4.92 Å². The first-order chi connectivity index (χ1) is 13.5. The van der Waals surface area contributed by atoms with Crippen LogP contribution in [-0.4, -0.2) is 60.0 Å². The van der Waals surface area contributed by atoms with Gasteiger partial charge in [-0.05, 0) is 30.7 Å². The summed E-state index contributed by atoms with van der Waals surface area (Å²) in [4.78, 5) is 26.9. The number of carbonyl (C=O) groups is 1. The van der Waals surface area contributed by atoms with Gasteiger partial charge in [-0.25, -0.2) is 4.39 Å². The van der Waals surface area contributed by atoms with Gasteiger partial charge < -0.3 is 9.64 Å². The first-order valence-corrected chi connectivity index (χ1v) is 9.09. The van der Waals surface area contributed by atoms with Crippen LogP contribution in [0.4, 0.5) is 10.1 Å². The largest absolute Gasteiger partial charge is 0.485 e. The van der Waals surface area contributed by atoms with Gasteiger partial charge in [-0.15, -0.1) is 0 Å². The Kier molecular flexibility index (Phi) is 6.20. The van der Waals surface area contributed by atoms with Gasteiger partial charge in [0.05, 0.1) is 4.92 Å². The maximum absolute atomic E-state index is 13.7. The quantitative estimate of drug-likeness (QED) is 0.563. The molecule has 1 fully saturated rings. The number of benzene rings is 2. The Labute approximate surface area is 162 Å². The number of halogens is 1. The maximum atomic E-state index is 13.7. The number of carbonyl (C=O) groups excluding carboxylic acids is 1. The third kappa shape index (κ3) is 4.64. The summed E-state index contributed by atoms with van der Waals surface area (Å²) in [6.07, 6.45) is 0. The number of hydrogen-bond acceptors (Lipinski definition) is 5. The number of para-hydroxylation sites is 2. The van der Waals surface area contributed by atoms with Crippen molar-refractivity contribution in [1.82, 2.24) is 9.80 Å². The van der Waals surface area contributed by atoms with Crippen molar-refractivity contribution in [3.05, 3.63) is 69.5 Å². The molecule has 148 valence electrons. The second-order valence-corrected chi connectivity index (χ2v) is 6.67. The third-order valence-corrected chi connectivity index (χ3v) is 4.81. The zero-order chi connectivity index (χ0) is 20.1. The van der Waals surface area contributed by atoms with Crippen LogP contribution in [0, 0.1) is 22.9 Å². The molecule has 2 aromatic rings. The number of piperazine rings is 1. The lowest BCUT2D eigenvalue weighted by atomic mass is 10.1. The summed E-state index contributed by atoms with van der Waals surface area (Å²) in [5.41, 5.74) is 0.819. The molecule has 0 bridgehead atoms. The van der Waals surface area contributed by atoms with Crippen molar-refractivity contribution in [1.29, 1.82) is 0 Å². The first-order valence-electron chi connectivity index (χ1n) is 9.09. The molecule has 0 atom stereocenters. The number of nitro benzene ring substituents is 1. The van der Waals surface area contributed by atoms with E-state index >= 15 is 0 Å². The molecule has 3 rings (SSSR count). The number of amides is 1. The minimum atomic E-state index is -0.465. The van der Waals surface area contributed by atoms with Gasteiger partial charge in [0.15, 0.2) is 5.75 Å². The molecule has 0 aliphatic carbocycles. The second-order valence-electron chi connectivity index (χ2n) is 6.67. The van der Waals surface area contributed by atoms with Gasteiger partial charge in [-0.1, -0.05) is 18.2 Å². The Bertz CT molecular complexity index is 866. The molecular formula is C20H22FN3O4. The third-order valence-electron chi connectivity index (χ3n) is 4.81. The van der Waals surface area contributed by atoms with E-state index in [2.05, 4.69) is 4.90 Å². The molecule has 1 aliphatic rings. The van der Waals surface area contributed by atoms with Gasteiger partial charge in [-0.3, -0.25) is 19.8 Å². The highest BCUT2D eigenvalue weighted by molar-refractivity contribution is 5.94. The van der Waals surface area contributed by atoms with E-state index in [1.54, 1.807) is 42.2 Å². The normalized spacial score (nSPS) is 14.7. The lowest BCUT2D eigenvalue weighted by molar-refractivity contribution is -0.385. The Morgan fingerprint density at radius 1 is 1.18 bits per heavy atom. The number of rotatable bonds is 6. The van der Waals surface area contributed by atoms with Crippen molar-refractivity contribution < 1.29 is 18.8 Å². The van der Waals surface area contributed by atoms with Gasteiger partial charge in [0.1, 0.15) is 12.4 Å². The van der Waals surface area contributed by atoms with Crippen LogP contribution in [0.2, 0.25) is 0 Å². The molecule has 0 N–H and O–H groups in total. The summed E-state index contributed by atoms with van der Waals surface area (Å²) in [7, 11) is 0. The maximum Gasteiger partial charge on any atom is 0.310 e. The predicted molar refractivity (Wildman–Crippen MR) is 102 cm³/mol. The SMILES string of the molecule is Cc1ccc(C(=O)N2CCN(CCOc3ccccc3[N+](=O)[O-])CC2)cc1F. The second kappa shape index (κ2) is 8.79. The van der Waals surface area contributed by atoms with E-state index in [4.69, 9.17) is 4.74 Å². The summed E-state index contributed by atoms with van der Waals surface area (Å²) in [5, 5.41) is 11.0. The highest BCUT2D eigenvalue weighted by atomic mass is 19.1. The highest BCUT2D eigenvalue weighted by Gasteiger charge is 2.23.